The molecule has 0 radical (unpaired) electrons. The second-order valence-corrected chi connectivity index (χ2v) is 16.7. The van der Waals surface area contributed by atoms with E-state index in [-0.39, 0.29) is 18.7 Å². The van der Waals surface area contributed by atoms with Gasteiger partial charge in [0, 0.05) is 18.8 Å². The normalized spacial score (nSPS) is 17.2. The summed E-state index contributed by atoms with van der Waals surface area (Å²) < 4.78 is 10.6. The number of carbonyl (C=O) groups excluding carboxylic acids is 3. The number of nitrogens with two attached hydrogens (primary N) is 1. The van der Waals surface area contributed by atoms with Gasteiger partial charge in [-0.25, -0.2) is 4.79 Å². The highest BCUT2D eigenvalue weighted by Gasteiger charge is 2.28. The highest BCUT2D eigenvalue weighted by Crippen LogP contribution is 2.30. The fourth-order valence-electron chi connectivity index (χ4n) is 6.96. The fourth-order valence-corrected chi connectivity index (χ4v) is 6.96. The standard InChI is InChI=1S/C24H37N3O4.C17H30O4/c1-24(2,3)30-22(28)17-20(11-7-10-18-8-5-4-6-9-18)23(29)31-27-21(25)16-19-12-14-26-15-13-19;1-17(2,3)21-15(18)12-14(16(19)20)11-7-10-13-8-5-4-6-9-13/h12-15,18,20H,4-11,16-17H2,1-3H3,(H2,25,27);13-14H,4-12H2,1-3H3,(H,19,20)/t20-;14-/m11/s1. The van der Waals surface area contributed by atoms with E-state index < -0.39 is 46.9 Å². The second-order valence-electron chi connectivity index (χ2n) is 16.7. The van der Waals surface area contributed by atoms with Crippen molar-refractivity contribution in [2.24, 2.45) is 34.6 Å². The minimum Gasteiger partial charge on any atom is -0.481 e. The summed E-state index contributed by atoms with van der Waals surface area (Å²) in [5.74, 6) is -1.75. The van der Waals surface area contributed by atoms with Crippen LogP contribution in [0.4, 0.5) is 0 Å². The number of aliphatic carboxylic acids is 1. The molecule has 1 heterocycles. The second kappa shape index (κ2) is 23.2. The van der Waals surface area contributed by atoms with Gasteiger partial charge in [0.1, 0.15) is 17.0 Å². The average molecular weight is 730 g/mol. The first-order valence-corrected chi connectivity index (χ1v) is 19.6. The molecule has 1 aromatic heterocycles. The molecule has 0 amide bonds. The first-order chi connectivity index (χ1) is 24.5. The van der Waals surface area contributed by atoms with Crippen molar-refractivity contribution in [3.63, 3.8) is 0 Å². The number of esters is 2. The lowest BCUT2D eigenvalue weighted by Gasteiger charge is -2.23. The number of carboxylic acids is 1. The molecule has 11 heteroatoms. The molecular formula is C41H67N3O8. The Bertz CT molecular complexity index is 1240. The molecule has 0 spiro atoms. The van der Waals surface area contributed by atoms with Crippen LogP contribution in [0.25, 0.3) is 0 Å². The highest BCUT2D eigenvalue weighted by atomic mass is 16.7. The monoisotopic (exact) mass is 729 g/mol. The Balaban J connectivity index is 0.000000389. The number of oxime groups is 1. The summed E-state index contributed by atoms with van der Waals surface area (Å²) >= 11 is 0. The molecule has 1 aromatic rings. The molecule has 2 saturated carbocycles. The van der Waals surface area contributed by atoms with Crippen LogP contribution in [0.2, 0.25) is 0 Å². The van der Waals surface area contributed by atoms with Gasteiger partial charge in [0.15, 0.2) is 0 Å². The van der Waals surface area contributed by atoms with Crippen LogP contribution in [0.3, 0.4) is 0 Å². The van der Waals surface area contributed by atoms with Crippen molar-refractivity contribution in [3.05, 3.63) is 30.1 Å². The van der Waals surface area contributed by atoms with Gasteiger partial charge in [0.05, 0.1) is 24.7 Å². The van der Waals surface area contributed by atoms with Crippen LogP contribution in [-0.4, -0.2) is 51.0 Å². The molecule has 2 aliphatic carbocycles. The molecule has 2 aliphatic rings. The van der Waals surface area contributed by atoms with E-state index in [1.807, 2.05) is 32.9 Å². The molecule has 2 fully saturated rings. The van der Waals surface area contributed by atoms with Gasteiger partial charge in [-0.05, 0) is 83.9 Å². The molecule has 294 valence electrons. The van der Waals surface area contributed by atoms with Crippen LogP contribution < -0.4 is 5.73 Å². The Labute approximate surface area is 312 Å². The molecule has 3 rings (SSSR count). The third kappa shape index (κ3) is 21.1. The van der Waals surface area contributed by atoms with Gasteiger partial charge in [-0.1, -0.05) is 95.0 Å². The van der Waals surface area contributed by atoms with Crippen LogP contribution >= 0.6 is 0 Å². The minimum atomic E-state index is -0.885. The zero-order valence-corrected chi connectivity index (χ0v) is 32.8. The average Bonchev–Trinajstić information content (AvgIpc) is 3.06. The number of ether oxygens (including phenoxy) is 2. The summed E-state index contributed by atoms with van der Waals surface area (Å²) in [6.07, 6.45) is 21.7. The number of hydrogen-bond acceptors (Lipinski definition) is 9. The van der Waals surface area contributed by atoms with Crippen LogP contribution in [-0.2, 0) is 39.9 Å². The van der Waals surface area contributed by atoms with E-state index in [2.05, 4.69) is 10.1 Å². The van der Waals surface area contributed by atoms with E-state index in [9.17, 15) is 24.3 Å². The minimum absolute atomic E-state index is 0.0133. The molecule has 2 atom stereocenters. The SMILES string of the molecule is CC(C)(C)OC(=O)C[C@@H](CCCC1CCCCC1)C(=O)O.CC(C)(C)OC(=O)C[C@@H](CCCC1CCCCC1)C(=O)O/N=C(\N)Cc1ccncc1. The molecule has 0 saturated heterocycles. The van der Waals surface area contributed by atoms with E-state index in [1.54, 1.807) is 33.2 Å². The van der Waals surface area contributed by atoms with E-state index in [0.717, 1.165) is 43.1 Å². The van der Waals surface area contributed by atoms with Crippen molar-refractivity contribution in [3.8, 4) is 0 Å². The molecular weight excluding hydrogens is 662 g/mol. The van der Waals surface area contributed by atoms with E-state index in [1.165, 1.54) is 64.2 Å². The molecule has 0 aromatic carbocycles. The topological polar surface area (TPSA) is 167 Å². The lowest BCUT2D eigenvalue weighted by molar-refractivity contribution is -0.161. The van der Waals surface area contributed by atoms with Gasteiger partial charge < -0.3 is 25.2 Å². The highest BCUT2D eigenvalue weighted by molar-refractivity contribution is 5.84. The zero-order valence-electron chi connectivity index (χ0n) is 32.8. The predicted molar refractivity (Wildman–Crippen MR) is 202 cm³/mol. The van der Waals surface area contributed by atoms with Crippen molar-refractivity contribution >= 4 is 29.7 Å². The zero-order chi connectivity index (χ0) is 38.6. The Kier molecular flexibility index (Phi) is 19.9. The molecule has 0 bridgehead atoms. The maximum absolute atomic E-state index is 12.7. The van der Waals surface area contributed by atoms with Crippen LogP contribution in [0.1, 0.15) is 163 Å². The summed E-state index contributed by atoms with van der Waals surface area (Å²) in [5, 5.41) is 13.0. The van der Waals surface area contributed by atoms with Crippen molar-refractivity contribution < 1.29 is 38.6 Å². The number of carboxylic acid groups (broad SMARTS) is 1. The Hall–Kier alpha value is -3.50. The summed E-state index contributed by atoms with van der Waals surface area (Å²) in [4.78, 5) is 57.1. The number of aromatic nitrogens is 1. The molecule has 52 heavy (non-hydrogen) atoms. The van der Waals surface area contributed by atoms with Crippen molar-refractivity contribution in [2.45, 2.75) is 175 Å². The number of rotatable bonds is 17. The maximum Gasteiger partial charge on any atom is 0.338 e. The quantitative estimate of drug-likeness (QED) is 0.0520. The lowest BCUT2D eigenvalue weighted by atomic mass is 9.84. The van der Waals surface area contributed by atoms with Gasteiger partial charge in [-0.3, -0.25) is 19.4 Å². The third-order valence-corrected chi connectivity index (χ3v) is 9.52. The fraction of sp³-hybridized carbons (Fsp3) is 0.756. The van der Waals surface area contributed by atoms with Gasteiger partial charge in [-0.15, -0.1) is 0 Å². The number of carbonyl (C=O) groups is 4. The third-order valence-electron chi connectivity index (χ3n) is 9.52. The van der Waals surface area contributed by atoms with E-state index >= 15 is 0 Å². The van der Waals surface area contributed by atoms with Gasteiger partial charge in [0.2, 0.25) is 0 Å². The van der Waals surface area contributed by atoms with Crippen LogP contribution in [0, 0.1) is 23.7 Å². The largest absolute Gasteiger partial charge is 0.481 e. The van der Waals surface area contributed by atoms with Gasteiger partial charge >= 0.3 is 23.9 Å². The number of nitrogens with zero attached hydrogens (tertiary/aromatic N) is 2. The van der Waals surface area contributed by atoms with Crippen molar-refractivity contribution in [1.29, 1.82) is 0 Å². The number of amidine groups is 1. The molecule has 0 aliphatic heterocycles. The Morgan fingerprint density at radius 1 is 0.769 bits per heavy atom. The smallest absolute Gasteiger partial charge is 0.338 e. The van der Waals surface area contributed by atoms with Crippen molar-refractivity contribution in [1.82, 2.24) is 4.98 Å². The summed E-state index contributed by atoms with van der Waals surface area (Å²) in [6, 6.07) is 3.64. The molecule has 0 unspecified atom stereocenters. The number of pyridine rings is 1. The number of hydrogen-bond donors (Lipinski definition) is 2. The van der Waals surface area contributed by atoms with E-state index in [0.29, 0.717) is 19.3 Å². The molecule has 3 N–H and O–H groups in total. The summed E-state index contributed by atoms with van der Waals surface area (Å²) in [7, 11) is 0. The Morgan fingerprint density at radius 2 is 1.21 bits per heavy atom. The summed E-state index contributed by atoms with van der Waals surface area (Å²) in [6.45, 7) is 10.8. The Morgan fingerprint density at radius 3 is 1.65 bits per heavy atom. The van der Waals surface area contributed by atoms with E-state index in [4.69, 9.17) is 20.0 Å². The van der Waals surface area contributed by atoms with Crippen LogP contribution in [0.5, 0.6) is 0 Å². The lowest BCUT2D eigenvalue weighted by Crippen LogP contribution is -2.28. The van der Waals surface area contributed by atoms with Gasteiger partial charge in [0.25, 0.3) is 0 Å². The first-order valence-electron chi connectivity index (χ1n) is 19.6. The maximum atomic E-state index is 12.7. The van der Waals surface area contributed by atoms with Crippen LogP contribution in [0.15, 0.2) is 29.7 Å². The summed E-state index contributed by atoms with van der Waals surface area (Å²) in [5.41, 5.74) is 5.67. The van der Waals surface area contributed by atoms with Gasteiger partial charge in [-0.2, -0.15) is 0 Å². The van der Waals surface area contributed by atoms with Crippen molar-refractivity contribution in [2.75, 3.05) is 0 Å². The predicted octanol–water partition coefficient (Wildman–Crippen LogP) is 8.71. The molecule has 11 nitrogen and oxygen atoms in total. The first kappa shape index (κ1) is 44.7.